The first kappa shape index (κ1) is 8.47. The maximum Gasteiger partial charge on any atom is 0.0850 e. The van der Waals surface area contributed by atoms with Gasteiger partial charge in [-0.3, -0.25) is 4.99 Å². The van der Waals surface area contributed by atoms with Crippen molar-refractivity contribution in [1.29, 1.82) is 0 Å². The SMILES string of the molecule is CCN(C)/C=N/C(C)C. The van der Waals surface area contributed by atoms with Gasteiger partial charge in [0.2, 0.25) is 0 Å². The number of rotatable bonds is 3. The summed E-state index contributed by atoms with van der Waals surface area (Å²) in [5, 5.41) is 0. The Morgan fingerprint density at radius 3 is 2.44 bits per heavy atom. The molecule has 2 nitrogen and oxygen atoms in total. The summed E-state index contributed by atoms with van der Waals surface area (Å²) in [7, 11) is 2.02. The summed E-state index contributed by atoms with van der Waals surface area (Å²) in [5.41, 5.74) is 0. The van der Waals surface area contributed by atoms with E-state index >= 15 is 0 Å². The molecule has 0 amide bonds. The van der Waals surface area contributed by atoms with Gasteiger partial charge in [-0.2, -0.15) is 0 Å². The minimum atomic E-state index is 0.416. The first-order valence-corrected chi connectivity index (χ1v) is 3.40. The van der Waals surface area contributed by atoms with E-state index in [1.54, 1.807) is 0 Å². The van der Waals surface area contributed by atoms with Gasteiger partial charge in [0, 0.05) is 19.6 Å². The van der Waals surface area contributed by atoms with Gasteiger partial charge in [0.15, 0.2) is 0 Å². The van der Waals surface area contributed by atoms with Crippen LogP contribution in [-0.2, 0) is 0 Å². The molecule has 0 unspecified atom stereocenters. The molecule has 2 heteroatoms. The third-order valence-corrected chi connectivity index (χ3v) is 1.06. The topological polar surface area (TPSA) is 15.6 Å². The molecule has 0 atom stereocenters. The van der Waals surface area contributed by atoms with Crippen molar-refractivity contribution in [2.45, 2.75) is 26.8 Å². The highest BCUT2D eigenvalue weighted by Gasteiger charge is 1.85. The van der Waals surface area contributed by atoms with Gasteiger partial charge in [-0.25, -0.2) is 0 Å². The second-order valence-electron chi connectivity index (χ2n) is 2.43. The molecular weight excluding hydrogens is 112 g/mol. The van der Waals surface area contributed by atoms with Gasteiger partial charge < -0.3 is 4.90 Å². The lowest BCUT2D eigenvalue weighted by Crippen LogP contribution is -2.15. The molecule has 0 aromatic carbocycles. The van der Waals surface area contributed by atoms with Crippen LogP contribution in [0, 0.1) is 0 Å². The zero-order valence-corrected chi connectivity index (χ0v) is 6.76. The fourth-order valence-electron chi connectivity index (χ4n) is 0.329. The molecule has 0 fully saturated rings. The molecule has 0 saturated heterocycles. The summed E-state index contributed by atoms with van der Waals surface area (Å²) in [5.74, 6) is 0. The van der Waals surface area contributed by atoms with Crippen molar-refractivity contribution in [2.75, 3.05) is 13.6 Å². The van der Waals surface area contributed by atoms with Crippen LogP contribution in [0.5, 0.6) is 0 Å². The molecule has 0 aliphatic heterocycles. The fourth-order valence-corrected chi connectivity index (χ4v) is 0.329. The van der Waals surface area contributed by atoms with Gasteiger partial charge >= 0.3 is 0 Å². The molecule has 0 heterocycles. The monoisotopic (exact) mass is 128 g/mol. The second-order valence-corrected chi connectivity index (χ2v) is 2.43. The summed E-state index contributed by atoms with van der Waals surface area (Å²) in [4.78, 5) is 6.25. The van der Waals surface area contributed by atoms with E-state index in [0.717, 1.165) is 6.54 Å². The predicted molar refractivity (Wildman–Crippen MR) is 41.9 cm³/mol. The molecule has 54 valence electrons. The van der Waals surface area contributed by atoms with Crippen molar-refractivity contribution in [3.05, 3.63) is 0 Å². The number of nitrogens with zero attached hydrogens (tertiary/aromatic N) is 2. The van der Waals surface area contributed by atoms with E-state index in [4.69, 9.17) is 0 Å². The van der Waals surface area contributed by atoms with Crippen molar-refractivity contribution < 1.29 is 0 Å². The van der Waals surface area contributed by atoms with Gasteiger partial charge in [0.05, 0.1) is 6.34 Å². The zero-order chi connectivity index (χ0) is 7.28. The second kappa shape index (κ2) is 4.36. The van der Waals surface area contributed by atoms with E-state index in [1.807, 2.05) is 13.4 Å². The number of hydrogen-bond donors (Lipinski definition) is 0. The zero-order valence-electron chi connectivity index (χ0n) is 6.76. The largest absolute Gasteiger partial charge is 0.366 e. The number of aliphatic imine (C=N–C) groups is 1. The van der Waals surface area contributed by atoms with Crippen LogP contribution < -0.4 is 0 Å². The Balaban J connectivity index is 3.43. The minimum absolute atomic E-state index is 0.416. The summed E-state index contributed by atoms with van der Waals surface area (Å²) in [6.07, 6.45) is 1.88. The lowest BCUT2D eigenvalue weighted by atomic mass is 10.4. The standard InChI is InChI=1S/C7H16N2/c1-5-9(4)6-8-7(2)3/h6-7H,5H2,1-4H3/b8-6+. The molecule has 0 radical (unpaired) electrons. The average molecular weight is 128 g/mol. The lowest BCUT2D eigenvalue weighted by Gasteiger charge is -2.08. The smallest absolute Gasteiger partial charge is 0.0850 e. The molecule has 0 aliphatic carbocycles. The highest BCUT2D eigenvalue weighted by Crippen LogP contribution is 1.83. The Labute approximate surface area is 57.6 Å². The summed E-state index contributed by atoms with van der Waals surface area (Å²) in [6, 6.07) is 0.416. The van der Waals surface area contributed by atoms with Gasteiger partial charge in [0.1, 0.15) is 0 Å². The molecular formula is C7H16N2. The molecule has 0 aromatic heterocycles. The Morgan fingerprint density at radius 1 is 1.56 bits per heavy atom. The molecule has 0 aliphatic rings. The van der Waals surface area contributed by atoms with Crippen LogP contribution in [-0.4, -0.2) is 30.9 Å². The summed E-state index contributed by atoms with van der Waals surface area (Å²) >= 11 is 0. The lowest BCUT2D eigenvalue weighted by molar-refractivity contribution is 0.546. The van der Waals surface area contributed by atoms with Gasteiger partial charge in [-0.15, -0.1) is 0 Å². The highest BCUT2D eigenvalue weighted by molar-refractivity contribution is 5.54. The van der Waals surface area contributed by atoms with Crippen LogP contribution in [0.15, 0.2) is 4.99 Å². The molecule has 9 heavy (non-hydrogen) atoms. The van der Waals surface area contributed by atoms with E-state index in [-0.39, 0.29) is 0 Å². The molecule has 0 N–H and O–H groups in total. The van der Waals surface area contributed by atoms with Crippen LogP contribution in [0.2, 0.25) is 0 Å². The summed E-state index contributed by atoms with van der Waals surface area (Å²) in [6.45, 7) is 7.27. The van der Waals surface area contributed by atoms with Gasteiger partial charge in [-0.05, 0) is 20.8 Å². The molecule has 0 bridgehead atoms. The van der Waals surface area contributed by atoms with Crippen LogP contribution in [0.25, 0.3) is 0 Å². The van der Waals surface area contributed by atoms with Crippen molar-refractivity contribution >= 4 is 6.34 Å². The van der Waals surface area contributed by atoms with Crippen LogP contribution in [0.1, 0.15) is 20.8 Å². The molecule has 0 rings (SSSR count). The quantitative estimate of drug-likeness (QED) is 0.414. The minimum Gasteiger partial charge on any atom is -0.366 e. The fraction of sp³-hybridized carbons (Fsp3) is 0.857. The van der Waals surface area contributed by atoms with Crippen LogP contribution in [0.4, 0.5) is 0 Å². The number of hydrogen-bond acceptors (Lipinski definition) is 1. The van der Waals surface area contributed by atoms with E-state index in [0.29, 0.717) is 6.04 Å². The van der Waals surface area contributed by atoms with Crippen molar-refractivity contribution in [3.63, 3.8) is 0 Å². The van der Waals surface area contributed by atoms with E-state index in [9.17, 15) is 0 Å². The maximum atomic E-state index is 4.20. The predicted octanol–water partition coefficient (Wildman–Crippen LogP) is 1.37. The van der Waals surface area contributed by atoms with Crippen LogP contribution in [0.3, 0.4) is 0 Å². The van der Waals surface area contributed by atoms with Crippen molar-refractivity contribution in [3.8, 4) is 0 Å². The Bertz CT molecular complexity index is 86.9. The van der Waals surface area contributed by atoms with Gasteiger partial charge in [0.25, 0.3) is 0 Å². The third kappa shape index (κ3) is 5.34. The first-order valence-electron chi connectivity index (χ1n) is 3.40. The van der Waals surface area contributed by atoms with E-state index < -0.39 is 0 Å². The average Bonchev–Trinajstić information content (AvgIpc) is 1.83. The van der Waals surface area contributed by atoms with Crippen molar-refractivity contribution in [2.24, 2.45) is 4.99 Å². The Morgan fingerprint density at radius 2 is 2.11 bits per heavy atom. The molecule has 0 saturated carbocycles. The Hall–Kier alpha value is -0.530. The maximum absolute atomic E-state index is 4.20. The van der Waals surface area contributed by atoms with Crippen LogP contribution >= 0.6 is 0 Å². The normalized spacial score (nSPS) is 11.2. The van der Waals surface area contributed by atoms with E-state index in [2.05, 4.69) is 30.7 Å². The first-order chi connectivity index (χ1) is 4.16. The van der Waals surface area contributed by atoms with E-state index in [1.165, 1.54) is 0 Å². The van der Waals surface area contributed by atoms with Gasteiger partial charge in [-0.1, -0.05) is 0 Å². The third-order valence-electron chi connectivity index (χ3n) is 1.06. The molecule has 0 aromatic rings. The Kier molecular flexibility index (Phi) is 4.10. The summed E-state index contributed by atoms with van der Waals surface area (Å²) < 4.78 is 0. The highest BCUT2D eigenvalue weighted by atomic mass is 15.1. The van der Waals surface area contributed by atoms with Crippen molar-refractivity contribution in [1.82, 2.24) is 4.90 Å². The molecule has 0 spiro atoms.